The Labute approximate surface area is 97.1 Å². The van der Waals surface area contributed by atoms with E-state index in [0.29, 0.717) is 12.5 Å². The molecule has 3 N–H and O–H groups in total. The first-order valence-corrected chi connectivity index (χ1v) is 5.91. The molecule has 0 unspecified atom stereocenters. The van der Waals surface area contributed by atoms with Crippen LogP contribution in [0.15, 0.2) is 0 Å². The van der Waals surface area contributed by atoms with Gasteiger partial charge in [0.05, 0.1) is 6.54 Å². The monoisotopic (exact) mass is 226 g/mol. The normalized spacial score (nSPS) is 17.2. The molecule has 0 bridgehead atoms. The Kier molecular flexibility index (Phi) is 4.58. The molecule has 0 aromatic carbocycles. The maximum absolute atomic E-state index is 12.1. The summed E-state index contributed by atoms with van der Waals surface area (Å²) in [5.74, 6) is 0.757. The molecule has 0 spiro atoms. The number of likely N-dealkylation sites (N-methyl/N-ethyl adjacent to an activating group) is 1. The van der Waals surface area contributed by atoms with Gasteiger partial charge in [0.25, 0.3) is 0 Å². The highest BCUT2D eigenvalue weighted by Crippen LogP contribution is 2.17. The van der Waals surface area contributed by atoms with Crippen LogP contribution in [0, 0.1) is 11.3 Å². The summed E-state index contributed by atoms with van der Waals surface area (Å²) in [6.45, 7) is 6.62. The van der Waals surface area contributed by atoms with Crippen LogP contribution in [0.3, 0.4) is 0 Å². The number of nitrogens with two attached hydrogens (primary N) is 1. The van der Waals surface area contributed by atoms with Crippen molar-refractivity contribution in [2.45, 2.75) is 26.7 Å². The van der Waals surface area contributed by atoms with Crippen LogP contribution >= 0.6 is 0 Å². The van der Waals surface area contributed by atoms with Gasteiger partial charge in [-0.3, -0.25) is 5.41 Å². The van der Waals surface area contributed by atoms with E-state index in [-0.39, 0.29) is 18.4 Å². The number of rotatable bonds is 3. The third-order valence-electron chi connectivity index (χ3n) is 3.07. The van der Waals surface area contributed by atoms with Crippen molar-refractivity contribution in [1.29, 1.82) is 5.41 Å². The molecule has 0 saturated carbocycles. The summed E-state index contributed by atoms with van der Waals surface area (Å²) in [5, 5.41) is 7.23. The van der Waals surface area contributed by atoms with Crippen molar-refractivity contribution in [2.24, 2.45) is 11.7 Å². The first kappa shape index (κ1) is 12.8. The van der Waals surface area contributed by atoms with E-state index in [4.69, 9.17) is 11.1 Å². The predicted octanol–water partition coefficient (Wildman–Crippen LogP) is 1.10. The summed E-state index contributed by atoms with van der Waals surface area (Å²) in [7, 11) is 0. The first-order chi connectivity index (χ1) is 7.54. The Morgan fingerprint density at radius 1 is 1.50 bits per heavy atom. The molecule has 1 fully saturated rings. The summed E-state index contributed by atoms with van der Waals surface area (Å²) < 4.78 is 0. The summed E-state index contributed by atoms with van der Waals surface area (Å²) in [4.78, 5) is 15.6. The lowest BCUT2D eigenvalue weighted by Gasteiger charge is -2.34. The van der Waals surface area contributed by atoms with Crippen molar-refractivity contribution in [3.05, 3.63) is 0 Å². The van der Waals surface area contributed by atoms with E-state index in [1.54, 1.807) is 4.90 Å². The van der Waals surface area contributed by atoms with Gasteiger partial charge in [-0.1, -0.05) is 6.92 Å². The Morgan fingerprint density at radius 3 is 2.50 bits per heavy atom. The highest BCUT2D eigenvalue weighted by molar-refractivity contribution is 5.84. The van der Waals surface area contributed by atoms with Gasteiger partial charge in [0.1, 0.15) is 5.84 Å². The lowest BCUT2D eigenvalue weighted by atomic mass is 10.00. The standard InChI is InChI=1S/C11H22N4O/c1-3-14(8-10(12)13)11(16)15-6-4-9(2)5-7-15/h9H,3-8H2,1-2H3,(H3,12,13). The lowest BCUT2D eigenvalue weighted by molar-refractivity contribution is 0.141. The maximum atomic E-state index is 12.1. The van der Waals surface area contributed by atoms with E-state index in [0.717, 1.165) is 25.9 Å². The average molecular weight is 226 g/mol. The Hall–Kier alpha value is -1.26. The number of hydrogen-bond donors (Lipinski definition) is 2. The molecule has 0 aromatic rings. The van der Waals surface area contributed by atoms with E-state index in [1.807, 2.05) is 11.8 Å². The number of nitrogens with one attached hydrogen (secondary N) is 1. The summed E-state index contributed by atoms with van der Waals surface area (Å²) in [6, 6.07) is 0.0181. The second-order valence-corrected chi connectivity index (χ2v) is 4.49. The van der Waals surface area contributed by atoms with E-state index < -0.39 is 0 Å². The number of amides is 2. The van der Waals surface area contributed by atoms with Gasteiger partial charge >= 0.3 is 6.03 Å². The molecule has 5 nitrogen and oxygen atoms in total. The fourth-order valence-electron chi connectivity index (χ4n) is 1.92. The van der Waals surface area contributed by atoms with Crippen molar-refractivity contribution in [3.8, 4) is 0 Å². The van der Waals surface area contributed by atoms with Gasteiger partial charge in [0.2, 0.25) is 0 Å². The van der Waals surface area contributed by atoms with Crippen LogP contribution in [0.25, 0.3) is 0 Å². The highest BCUT2D eigenvalue weighted by atomic mass is 16.2. The fraction of sp³-hybridized carbons (Fsp3) is 0.818. The lowest BCUT2D eigenvalue weighted by Crippen LogP contribution is -2.48. The number of carbonyl (C=O) groups is 1. The number of nitrogens with zero attached hydrogens (tertiary/aromatic N) is 2. The van der Waals surface area contributed by atoms with E-state index >= 15 is 0 Å². The van der Waals surface area contributed by atoms with Crippen LogP contribution in [0.5, 0.6) is 0 Å². The molecule has 16 heavy (non-hydrogen) atoms. The highest BCUT2D eigenvalue weighted by Gasteiger charge is 2.24. The molecule has 1 rings (SSSR count). The minimum atomic E-state index is 0.0181. The van der Waals surface area contributed by atoms with Crippen molar-refractivity contribution >= 4 is 11.9 Å². The molecule has 1 saturated heterocycles. The first-order valence-electron chi connectivity index (χ1n) is 5.91. The molecule has 0 aromatic heterocycles. The second-order valence-electron chi connectivity index (χ2n) is 4.49. The zero-order chi connectivity index (χ0) is 12.1. The van der Waals surface area contributed by atoms with Gasteiger partial charge in [-0.05, 0) is 25.7 Å². The average Bonchev–Trinajstić information content (AvgIpc) is 2.25. The summed E-state index contributed by atoms with van der Waals surface area (Å²) in [6.07, 6.45) is 2.15. The Balaban J connectivity index is 2.51. The van der Waals surface area contributed by atoms with Crippen molar-refractivity contribution < 1.29 is 4.79 Å². The van der Waals surface area contributed by atoms with Crippen molar-refractivity contribution in [2.75, 3.05) is 26.2 Å². The number of hydrogen-bond acceptors (Lipinski definition) is 2. The van der Waals surface area contributed by atoms with Gasteiger partial charge in [-0.15, -0.1) is 0 Å². The molecule has 1 heterocycles. The molecule has 2 amide bonds. The number of amidine groups is 1. The Bertz CT molecular complexity index is 259. The minimum Gasteiger partial charge on any atom is -0.386 e. The van der Waals surface area contributed by atoms with E-state index in [2.05, 4.69) is 6.92 Å². The van der Waals surface area contributed by atoms with Crippen LogP contribution < -0.4 is 5.73 Å². The SMILES string of the molecule is CCN(CC(=N)N)C(=O)N1CCC(C)CC1. The van der Waals surface area contributed by atoms with E-state index in [1.165, 1.54) is 0 Å². The topological polar surface area (TPSA) is 73.4 Å². The smallest absolute Gasteiger partial charge is 0.320 e. The van der Waals surface area contributed by atoms with Crippen molar-refractivity contribution in [1.82, 2.24) is 9.80 Å². The minimum absolute atomic E-state index is 0.0181. The van der Waals surface area contributed by atoms with Gasteiger partial charge in [0, 0.05) is 19.6 Å². The molecule has 5 heteroatoms. The molecule has 1 aliphatic rings. The fourth-order valence-corrected chi connectivity index (χ4v) is 1.92. The molecule has 0 atom stereocenters. The molecule has 0 radical (unpaired) electrons. The molecular weight excluding hydrogens is 204 g/mol. The van der Waals surface area contributed by atoms with Gasteiger partial charge in [-0.2, -0.15) is 0 Å². The van der Waals surface area contributed by atoms with Gasteiger partial charge in [-0.25, -0.2) is 4.79 Å². The maximum Gasteiger partial charge on any atom is 0.320 e. The van der Waals surface area contributed by atoms with Crippen LogP contribution in [0.4, 0.5) is 4.79 Å². The van der Waals surface area contributed by atoms with Crippen LogP contribution in [-0.4, -0.2) is 47.8 Å². The summed E-state index contributed by atoms with van der Waals surface area (Å²) in [5.41, 5.74) is 5.33. The third kappa shape index (κ3) is 3.40. The quantitative estimate of drug-likeness (QED) is 0.558. The Morgan fingerprint density at radius 2 is 2.06 bits per heavy atom. The van der Waals surface area contributed by atoms with Crippen molar-refractivity contribution in [3.63, 3.8) is 0 Å². The van der Waals surface area contributed by atoms with Crippen LogP contribution in [-0.2, 0) is 0 Å². The molecule has 0 aliphatic carbocycles. The summed E-state index contributed by atoms with van der Waals surface area (Å²) >= 11 is 0. The van der Waals surface area contributed by atoms with Gasteiger partial charge < -0.3 is 15.5 Å². The number of likely N-dealkylation sites (tertiary alicyclic amines) is 1. The number of piperidine rings is 1. The zero-order valence-corrected chi connectivity index (χ0v) is 10.2. The van der Waals surface area contributed by atoms with Gasteiger partial charge in [0.15, 0.2) is 0 Å². The van der Waals surface area contributed by atoms with Crippen LogP contribution in [0.2, 0.25) is 0 Å². The zero-order valence-electron chi connectivity index (χ0n) is 10.2. The van der Waals surface area contributed by atoms with E-state index in [9.17, 15) is 4.79 Å². The van der Waals surface area contributed by atoms with Crippen LogP contribution in [0.1, 0.15) is 26.7 Å². The molecular formula is C11H22N4O. The predicted molar refractivity (Wildman–Crippen MR) is 64.5 cm³/mol. The largest absolute Gasteiger partial charge is 0.386 e. The number of urea groups is 1. The second kappa shape index (κ2) is 5.72. The number of carbonyl (C=O) groups excluding carboxylic acids is 1. The molecule has 1 aliphatic heterocycles. The molecule has 92 valence electrons. The third-order valence-corrected chi connectivity index (χ3v) is 3.07.